The summed E-state index contributed by atoms with van der Waals surface area (Å²) in [5, 5.41) is 3.01. The van der Waals surface area contributed by atoms with Crippen molar-refractivity contribution in [1.29, 1.82) is 0 Å². The first-order valence-electron chi connectivity index (χ1n) is 11.8. The van der Waals surface area contributed by atoms with E-state index in [1.54, 1.807) is 25.1 Å². The minimum Gasteiger partial charge on any atom is -0.357 e. The lowest BCUT2D eigenvalue weighted by atomic mass is 10.1. The van der Waals surface area contributed by atoms with Crippen molar-refractivity contribution in [2.45, 2.75) is 30.7 Å². The van der Waals surface area contributed by atoms with Gasteiger partial charge in [0.15, 0.2) is 0 Å². The minimum absolute atomic E-state index is 0.0167. The van der Waals surface area contributed by atoms with Crippen LogP contribution in [0.1, 0.15) is 18.9 Å². The number of rotatable bonds is 11. The Morgan fingerprint density at radius 2 is 1.54 bits per heavy atom. The summed E-state index contributed by atoms with van der Waals surface area (Å²) in [4.78, 5) is 27.9. The zero-order valence-corrected chi connectivity index (χ0v) is 22.9. The van der Waals surface area contributed by atoms with Crippen LogP contribution in [0.3, 0.4) is 0 Å². The van der Waals surface area contributed by atoms with Gasteiger partial charge >= 0.3 is 0 Å². The maximum atomic E-state index is 13.8. The number of hydrogen-bond donors (Lipinski definition) is 1. The maximum absolute atomic E-state index is 13.8. The Morgan fingerprint density at radius 3 is 2.11 bits per heavy atom. The lowest BCUT2D eigenvalue weighted by Gasteiger charge is -2.33. The van der Waals surface area contributed by atoms with Gasteiger partial charge in [-0.2, -0.15) is 0 Å². The van der Waals surface area contributed by atoms with E-state index in [1.807, 2.05) is 30.3 Å². The first kappa shape index (κ1) is 28.5. The molecule has 0 aliphatic carbocycles. The van der Waals surface area contributed by atoms with E-state index in [0.717, 1.165) is 9.87 Å². The molecule has 0 radical (unpaired) electrons. The van der Waals surface area contributed by atoms with Crippen LogP contribution in [0.2, 0.25) is 10.0 Å². The van der Waals surface area contributed by atoms with Gasteiger partial charge in [0, 0.05) is 13.6 Å². The van der Waals surface area contributed by atoms with Crippen LogP contribution in [-0.4, -0.2) is 51.3 Å². The molecule has 1 N–H and O–H groups in total. The third-order valence-corrected chi connectivity index (χ3v) is 8.44. The molecule has 0 aliphatic rings. The molecule has 0 saturated carbocycles. The van der Waals surface area contributed by atoms with Gasteiger partial charge in [-0.05, 0) is 48.7 Å². The second-order valence-corrected chi connectivity index (χ2v) is 11.0. The number of likely N-dealkylation sites (N-methyl/N-ethyl adjacent to an activating group) is 1. The number of anilines is 1. The number of amides is 2. The minimum atomic E-state index is -4.15. The van der Waals surface area contributed by atoms with Crippen LogP contribution in [0.5, 0.6) is 0 Å². The predicted molar refractivity (Wildman–Crippen MR) is 147 cm³/mol. The first-order chi connectivity index (χ1) is 17.7. The monoisotopic (exact) mass is 561 g/mol. The number of nitrogens with one attached hydrogen (secondary N) is 1. The fourth-order valence-corrected chi connectivity index (χ4v) is 5.67. The molecule has 0 aromatic heterocycles. The van der Waals surface area contributed by atoms with Crippen molar-refractivity contribution in [3.63, 3.8) is 0 Å². The molecule has 3 aromatic carbocycles. The average molecular weight is 563 g/mol. The van der Waals surface area contributed by atoms with E-state index in [2.05, 4.69) is 5.32 Å². The molecule has 0 heterocycles. The van der Waals surface area contributed by atoms with E-state index in [-0.39, 0.29) is 33.1 Å². The fourth-order valence-electron chi connectivity index (χ4n) is 3.95. The summed E-state index contributed by atoms with van der Waals surface area (Å²) in [5.41, 5.74) is 1.17. The van der Waals surface area contributed by atoms with Gasteiger partial charge < -0.3 is 10.2 Å². The summed E-state index contributed by atoms with van der Waals surface area (Å²) in [6.07, 6.45) is 0.858. The molecule has 2 amide bonds. The number of carbonyl (C=O) groups is 2. The molecule has 0 bridgehead atoms. The molecule has 0 spiro atoms. The van der Waals surface area contributed by atoms with Crippen molar-refractivity contribution in [1.82, 2.24) is 10.2 Å². The summed E-state index contributed by atoms with van der Waals surface area (Å²) < 4.78 is 28.4. The molecule has 0 aliphatic heterocycles. The van der Waals surface area contributed by atoms with Crippen molar-refractivity contribution in [2.75, 3.05) is 24.4 Å². The molecule has 37 heavy (non-hydrogen) atoms. The molecular weight excluding hydrogens is 533 g/mol. The third-order valence-electron chi connectivity index (χ3n) is 5.92. The summed E-state index contributed by atoms with van der Waals surface area (Å²) in [7, 11) is -2.65. The zero-order valence-electron chi connectivity index (χ0n) is 20.6. The normalized spacial score (nSPS) is 12.0. The Morgan fingerprint density at radius 1 is 0.919 bits per heavy atom. The molecule has 1 atom stereocenters. The van der Waals surface area contributed by atoms with Crippen LogP contribution >= 0.6 is 23.2 Å². The Hall–Kier alpha value is -3.07. The highest BCUT2D eigenvalue weighted by Gasteiger charge is 2.33. The van der Waals surface area contributed by atoms with E-state index in [1.165, 1.54) is 42.3 Å². The lowest BCUT2D eigenvalue weighted by Crippen LogP contribution is -2.52. The highest BCUT2D eigenvalue weighted by molar-refractivity contribution is 7.92. The summed E-state index contributed by atoms with van der Waals surface area (Å²) in [5.74, 6) is -0.840. The molecule has 3 rings (SSSR count). The van der Waals surface area contributed by atoms with Crippen molar-refractivity contribution in [3.8, 4) is 0 Å². The molecular formula is C27H29Cl2N3O4S. The van der Waals surface area contributed by atoms with Crippen molar-refractivity contribution >= 4 is 50.7 Å². The summed E-state index contributed by atoms with van der Waals surface area (Å²) in [6, 6.07) is 21.0. The molecule has 3 aromatic rings. The molecule has 0 fully saturated rings. The predicted octanol–water partition coefficient (Wildman–Crippen LogP) is 4.78. The average Bonchev–Trinajstić information content (AvgIpc) is 2.91. The Bertz CT molecular complexity index is 1320. The van der Waals surface area contributed by atoms with Crippen molar-refractivity contribution in [3.05, 3.63) is 94.5 Å². The zero-order chi connectivity index (χ0) is 27.0. The van der Waals surface area contributed by atoms with Crippen LogP contribution < -0.4 is 9.62 Å². The number of sulfonamides is 1. The van der Waals surface area contributed by atoms with Crippen LogP contribution in [0.4, 0.5) is 5.69 Å². The Labute approximate surface area is 228 Å². The second kappa shape index (κ2) is 12.9. The number of hydrogen-bond acceptors (Lipinski definition) is 4. The van der Waals surface area contributed by atoms with Gasteiger partial charge in [0.2, 0.25) is 11.8 Å². The van der Waals surface area contributed by atoms with Gasteiger partial charge in [-0.25, -0.2) is 8.42 Å². The van der Waals surface area contributed by atoms with Gasteiger partial charge in [0.1, 0.15) is 12.6 Å². The van der Waals surface area contributed by atoms with Gasteiger partial charge in [0.05, 0.1) is 20.6 Å². The van der Waals surface area contributed by atoms with Crippen molar-refractivity contribution < 1.29 is 18.0 Å². The first-order valence-corrected chi connectivity index (χ1v) is 14.0. The second-order valence-electron chi connectivity index (χ2n) is 8.28. The maximum Gasteiger partial charge on any atom is 0.264 e. The highest BCUT2D eigenvalue weighted by atomic mass is 35.5. The van der Waals surface area contributed by atoms with E-state index in [4.69, 9.17) is 23.2 Å². The van der Waals surface area contributed by atoms with E-state index in [9.17, 15) is 18.0 Å². The summed E-state index contributed by atoms with van der Waals surface area (Å²) >= 11 is 12.3. The van der Waals surface area contributed by atoms with E-state index >= 15 is 0 Å². The Kier molecular flexibility index (Phi) is 9.97. The lowest BCUT2D eigenvalue weighted by molar-refractivity contribution is -0.139. The van der Waals surface area contributed by atoms with E-state index < -0.39 is 28.5 Å². The van der Waals surface area contributed by atoms with Crippen molar-refractivity contribution in [2.24, 2.45) is 0 Å². The third kappa shape index (κ3) is 7.03. The van der Waals surface area contributed by atoms with Crippen LogP contribution in [0.25, 0.3) is 0 Å². The van der Waals surface area contributed by atoms with Gasteiger partial charge in [0.25, 0.3) is 10.0 Å². The standard InChI is InChI=1S/C27H29Cl2N3O4S/c1-3-25(27(34)30-2)31(17-16-20-10-6-4-7-11-20)26(33)19-32(21-14-15-23(28)24(29)18-21)37(35,36)22-12-8-5-9-13-22/h4-15,18,25H,3,16-17,19H2,1-2H3,(H,30,34)/t25-/m1/s1. The molecule has 0 saturated heterocycles. The summed E-state index contributed by atoms with van der Waals surface area (Å²) in [6.45, 7) is 1.51. The number of nitrogens with zero attached hydrogens (tertiary/aromatic N) is 2. The fraction of sp³-hybridized carbons (Fsp3) is 0.259. The topological polar surface area (TPSA) is 86.8 Å². The highest BCUT2D eigenvalue weighted by Crippen LogP contribution is 2.30. The molecule has 10 heteroatoms. The van der Waals surface area contributed by atoms with Crippen LogP contribution in [0, 0.1) is 0 Å². The Balaban J connectivity index is 2.01. The quantitative estimate of drug-likeness (QED) is 0.364. The van der Waals surface area contributed by atoms with E-state index in [0.29, 0.717) is 12.8 Å². The SMILES string of the molecule is CC[C@H](C(=O)NC)N(CCc1ccccc1)C(=O)CN(c1ccc(Cl)c(Cl)c1)S(=O)(=O)c1ccccc1. The molecule has 196 valence electrons. The van der Waals surface area contributed by atoms with Crippen LogP contribution in [-0.2, 0) is 26.0 Å². The van der Waals surface area contributed by atoms with Gasteiger partial charge in [-0.15, -0.1) is 0 Å². The smallest absolute Gasteiger partial charge is 0.264 e. The molecule has 0 unspecified atom stereocenters. The van der Waals surface area contributed by atoms with Gasteiger partial charge in [-0.1, -0.05) is 78.7 Å². The number of halogens is 2. The van der Waals surface area contributed by atoms with Gasteiger partial charge in [-0.3, -0.25) is 13.9 Å². The molecule has 7 nitrogen and oxygen atoms in total. The largest absolute Gasteiger partial charge is 0.357 e. The van der Waals surface area contributed by atoms with Crippen LogP contribution in [0.15, 0.2) is 83.8 Å². The number of benzene rings is 3. The number of carbonyl (C=O) groups excluding carboxylic acids is 2.